The van der Waals surface area contributed by atoms with Crippen LogP contribution in [0.15, 0.2) is 24.8 Å². The van der Waals surface area contributed by atoms with Crippen molar-refractivity contribution in [3.63, 3.8) is 0 Å². The normalized spacial score (nSPS) is 7.07. The molecule has 1 rings (SSSR count). The van der Waals surface area contributed by atoms with Crippen molar-refractivity contribution in [2.45, 2.75) is 49.0 Å². The Kier molecular flexibility index (Phi) is 16.9. The van der Waals surface area contributed by atoms with Crippen LogP contribution < -0.4 is 0 Å². The molecule has 0 saturated carbocycles. The van der Waals surface area contributed by atoms with E-state index in [2.05, 4.69) is 38.6 Å². The van der Waals surface area contributed by atoms with E-state index in [1.54, 1.807) is 0 Å². The van der Waals surface area contributed by atoms with Gasteiger partial charge in [-0.05, 0) is 25.0 Å². The van der Waals surface area contributed by atoms with Crippen molar-refractivity contribution in [3.8, 4) is 0 Å². The van der Waals surface area contributed by atoms with Crippen molar-refractivity contribution in [1.29, 1.82) is 0 Å². The summed E-state index contributed by atoms with van der Waals surface area (Å²) in [6.07, 6.45) is 1.88. The fraction of sp³-hybridized carbons (Fsp3) is 0.467. The second-order valence-electron chi connectivity index (χ2n) is 2.56. The smallest absolute Gasteiger partial charge is 0.0233 e. The summed E-state index contributed by atoms with van der Waals surface area (Å²) in [4.78, 5) is 0. The largest absolute Gasteiger partial charge is 0.0985 e. The van der Waals surface area contributed by atoms with E-state index in [1.165, 1.54) is 16.7 Å². The molecular weight excluding hydrogens is 180 g/mol. The van der Waals surface area contributed by atoms with Crippen LogP contribution in [0.1, 0.15) is 51.8 Å². The summed E-state index contributed by atoms with van der Waals surface area (Å²) in [6, 6.07) is 6.36. The van der Waals surface area contributed by atoms with Gasteiger partial charge in [-0.1, -0.05) is 71.5 Å². The zero-order valence-electron chi connectivity index (χ0n) is 10.5. The molecule has 0 amide bonds. The van der Waals surface area contributed by atoms with E-state index < -0.39 is 0 Å². The van der Waals surface area contributed by atoms with Gasteiger partial charge in [0.2, 0.25) is 0 Å². The van der Waals surface area contributed by atoms with E-state index in [0.717, 1.165) is 0 Å². The van der Waals surface area contributed by atoms with Gasteiger partial charge in [-0.2, -0.15) is 0 Å². The highest BCUT2D eigenvalue weighted by molar-refractivity contribution is 5.52. The van der Waals surface area contributed by atoms with Crippen LogP contribution in [0.25, 0.3) is 6.08 Å². The van der Waals surface area contributed by atoms with Crippen LogP contribution in [0.4, 0.5) is 0 Å². The molecule has 1 aromatic carbocycles. The van der Waals surface area contributed by atoms with Crippen LogP contribution >= 0.6 is 0 Å². The first-order valence-corrected chi connectivity index (χ1v) is 5.43. The fourth-order valence-electron chi connectivity index (χ4n) is 1.05. The van der Waals surface area contributed by atoms with Gasteiger partial charge in [0.25, 0.3) is 0 Å². The van der Waals surface area contributed by atoms with Gasteiger partial charge in [-0.3, -0.25) is 0 Å². The molecule has 0 fully saturated rings. The SMILES string of the molecule is C.C=Cc1ccc(C)cc1C.CC.CC. The van der Waals surface area contributed by atoms with Crippen LogP contribution in [0.3, 0.4) is 0 Å². The van der Waals surface area contributed by atoms with Gasteiger partial charge in [0.05, 0.1) is 0 Å². The summed E-state index contributed by atoms with van der Waals surface area (Å²) < 4.78 is 0. The van der Waals surface area contributed by atoms with Crippen molar-refractivity contribution in [3.05, 3.63) is 41.5 Å². The summed E-state index contributed by atoms with van der Waals surface area (Å²) in [7, 11) is 0. The lowest BCUT2D eigenvalue weighted by Gasteiger charge is -1.99. The van der Waals surface area contributed by atoms with Crippen LogP contribution in [0, 0.1) is 13.8 Å². The number of benzene rings is 1. The van der Waals surface area contributed by atoms with Crippen LogP contribution in [-0.2, 0) is 0 Å². The molecule has 15 heavy (non-hydrogen) atoms. The molecule has 0 radical (unpaired) electrons. The molecule has 0 spiro atoms. The first kappa shape index (κ1) is 19.5. The second-order valence-corrected chi connectivity index (χ2v) is 2.56. The predicted molar refractivity (Wildman–Crippen MR) is 75.4 cm³/mol. The van der Waals surface area contributed by atoms with Gasteiger partial charge in [0.1, 0.15) is 0 Å². The van der Waals surface area contributed by atoms with Gasteiger partial charge < -0.3 is 0 Å². The van der Waals surface area contributed by atoms with Crippen molar-refractivity contribution in [1.82, 2.24) is 0 Å². The molecule has 0 heterocycles. The maximum absolute atomic E-state index is 3.72. The van der Waals surface area contributed by atoms with E-state index in [1.807, 2.05) is 33.8 Å². The van der Waals surface area contributed by atoms with Crippen molar-refractivity contribution in [2.75, 3.05) is 0 Å². The fourth-order valence-corrected chi connectivity index (χ4v) is 1.05. The van der Waals surface area contributed by atoms with Crippen LogP contribution in [0.5, 0.6) is 0 Å². The molecule has 0 atom stereocenters. The standard InChI is InChI=1S/C10H12.2C2H6.CH4/c1-4-10-6-5-8(2)7-9(10)3;2*1-2;/h4-7H,1H2,2-3H3;2*1-2H3;1H4. The average molecular weight is 208 g/mol. The maximum Gasteiger partial charge on any atom is -0.0233 e. The zero-order chi connectivity index (χ0) is 11.6. The minimum absolute atomic E-state index is 0. The Morgan fingerprint density at radius 3 is 1.80 bits per heavy atom. The molecule has 0 saturated heterocycles. The Labute approximate surface area is 97.0 Å². The summed E-state index contributed by atoms with van der Waals surface area (Å²) in [6.45, 7) is 15.9. The third-order valence-corrected chi connectivity index (χ3v) is 1.65. The molecule has 1 aromatic rings. The molecule has 0 N–H and O–H groups in total. The van der Waals surface area contributed by atoms with Gasteiger partial charge >= 0.3 is 0 Å². The third kappa shape index (κ3) is 7.99. The predicted octanol–water partition coefficient (Wildman–Crippen LogP) is 5.63. The first-order valence-electron chi connectivity index (χ1n) is 5.43. The lowest BCUT2D eigenvalue weighted by Crippen LogP contribution is -1.80. The van der Waals surface area contributed by atoms with E-state index in [9.17, 15) is 0 Å². The second kappa shape index (κ2) is 13.0. The van der Waals surface area contributed by atoms with Crippen LogP contribution in [0.2, 0.25) is 0 Å². The molecule has 0 heteroatoms. The Hall–Kier alpha value is -1.04. The first-order chi connectivity index (χ1) is 6.74. The monoisotopic (exact) mass is 208 g/mol. The minimum atomic E-state index is 0. The van der Waals surface area contributed by atoms with Crippen LogP contribution in [-0.4, -0.2) is 0 Å². The molecule has 88 valence electrons. The van der Waals surface area contributed by atoms with E-state index >= 15 is 0 Å². The topological polar surface area (TPSA) is 0 Å². The van der Waals surface area contributed by atoms with E-state index in [4.69, 9.17) is 0 Å². The molecule has 0 aliphatic rings. The Balaban J connectivity index is -0.000000258. The van der Waals surface area contributed by atoms with Gasteiger partial charge in [0, 0.05) is 0 Å². The van der Waals surface area contributed by atoms with Gasteiger partial charge in [-0.25, -0.2) is 0 Å². The lowest BCUT2D eigenvalue weighted by molar-refractivity contribution is 1.37. The molecule has 0 unspecified atom stereocenters. The number of hydrogen-bond acceptors (Lipinski definition) is 0. The number of aryl methyl sites for hydroxylation is 2. The van der Waals surface area contributed by atoms with Crippen molar-refractivity contribution in [2.24, 2.45) is 0 Å². The molecular formula is C15H28. The molecule has 0 aliphatic heterocycles. The Morgan fingerprint density at radius 1 is 1.00 bits per heavy atom. The molecule has 0 aliphatic carbocycles. The van der Waals surface area contributed by atoms with Crippen molar-refractivity contribution < 1.29 is 0 Å². The number of rotatable bonds is 1. The summed E-state index contributed by atoms with van der Waals surface area (Å²) in [5.74, 6) is 0. The minimum Gasteiger partial charge on any atom is -0.0985 e. The maximum atomic E-state index is 3.72. The highest BCUT2D eigenvalue weighted by atomic mass is 14.0. The zero-order valence-corrected chi connectivity index (χ0v) is 10.5. The lowest BCUT2D eigenvalue weighted by atomic mass is 10.1. The average Bonchev–Trinajstić information content (AvgIpc) is 2.24. The Morgan fingerprint density at radius 2 is 1.47 bits per heavy atom. The highest BCUT2D eigenvalue weighted by Crippen LogP contribution is 2.10. The summed E-state index contributed by atoms with van der Waals surface area (Å²) in [5, 5.41) is 0. The third-order valence-electron chi connectivity index (χ3n) is 1.65. The number of hydrogen-bond donors (Lipinski definition) is 0. The van der Waals surface area contributed by atoms with Crippen molar-refractivity contribution >= 4 is 6.08 Å². The molecule has 0 bridgehead atoms. The summed E-state index contributed by atoms with van der Waals surface area (Å²) in [5.41, 5.74) is 3.84. The summed E-state index contributed by atoms with van der Waals surface area (Å²) >= 11 is 0. The quantitative estimate of drug-likeness (QED) is 0.560. The van der Waals surface area contributed by atoms with E-state index in [-0.39, 0.29) is 7.43 Å². The van der Waals surface area contributed by atoms with Gasteiger partial charge in [0.15, 0.2) is 0 Å². The molecule has 0 aromatic heterocycles. The highest BCUT2D eigenvalue weighted by Gasteiger charge is 1.91. The van der Waals surface area contributed by atoms with E-state index in [0.29, 0.717) is 0 Å². The van der Waals surface area contributed by atoms with Gasteiger partial charge in [-0.15, -0.1) is 0 Å². The molecule has 0 nitrogen and oxygen atoms in total. The Bertz CT molecular complexity index is 246.